The zero-order valence-electron chi connectivity index (χ0n) is 10.6. The molecule has 1 N–H and O–H groups in total. The Morgan fingerprint density at radius 2 is 2.05 bits per heavy atom. The normalized spacial score (nSPS) is 12.5. The fourth-order valence-corrected chi connectivity index (χ4v) is 1.59. The molecule has 0 heterocycles. The van der Waals surface area contributed by atoms with E-state index in [0.717, 1.165) is 0 Å². The highest BCUT2D eigenvalue weighted by atomic mass is 19.3. The van der Waals surface area contributed by atoms with E-state index >= 15 is 0 Å². The first-order valence-corrected chi connectivity index (χ1v) is 5.79. The second-order valence-electron chi connectivity index (χ2n) is 4.19. The van der Waals surface area contributed by atoms with Gasteiger partial charge in [0.15, 0.2) is 0 Å². The molecule has 0 saturated carbocycles. The number of alkyl halides is 2. The first kappa shape index (κ1) is 15.3. The van der Waals surface area contributed by atoms with Gasteiger partial charge in [-0.25, -0.2) is 8.78 Å². The molecule has 0 fully saturated rings. The van der Waals surface area contributed by atoms with Gasteiger partial charge < -0.3 is 9.84 Å². The van der Waals surface area contributed by atoms with Crippen molar-refractivity contribution in [3.05, 3.63) is 29.8 Å². The van der Waals surface area contributed by atoms with E-state index in [4.69, 9.17) is 10.00 Å². The predicted octanol–water partition coefficient (Wildman–Crippen LogP) is 1.49. The minimum atomic E-state index is -2.43. The first-order chi connectivity index (χ1) is 9.02. The quantitative estimate of drug-likeness (QED) is 0.815. The lowest BCUT2D eigenvalue weighted by molar-refractivity contribution is 0.0472. The Morgan fingerprint density at radius 1 is 1.37 bits per heavy atom. The number of aliphatic hydroxyl groups excluding tert-OH is 1. The van der Waals surface area contributed by atoms with E-state index in [1.165, 1.54) is 11.9 Å². The van der Waals surface area contributed by atoms with E-state index in [0.29, 0.717) is 11.3 Å². The Labute approximate surface area is 110 Å². The summed E-state index contributed by atoms with van der Waals surface area (Å²) in [5.74, 6) is 0.376. The molecule has 104 valence electrons. The summed E-state index contributed by atoms with van der Waals surface area (Å²) in [6.07, 6.45) is -3.33. The van der Waals surface area contributed by atoms with E-state index in [1.807, 2.05) is 6.07 Å². The van der Waals surface area contributed by atoms with Gasteiger partial charge >= 0.3 is 0 Å². The van der Waals surface area contributed by atoms with Gasteiger partial charge in [0, 0.05) is 6.54 Å². The Kier molecular flexibility index (Phi) is 6.19. The van der Waals surface area contributed by atoms with Crippen molar-refractivity contribution in [2.75, 3.05) is 26.7 Å². The number of likely N-dealkylation sites (N-methyl/N-ethyl adjacent to an activating group) is 1. The van der Waals surface area contributed by atoms with Crippen LogP contribution in [-0.4, -0.2) is 49.3 Å². The van der Waals surface area contributed by atoms with Crippen LogP contribution in [0.4, 0.5) is 8.78 Å². The maximum absolute atomic E-state index is 12.1. The summed E-state index contributed by atoms with van der Waals surface area (Å²) in [7, 11) is 1.50. The number of benzene rings is 1. The number of halogens is 2. The summed E-state index contributed by atoms with van der Waals surface area (Å²) in [5.41, 5.74) is 0.371. The zero-order chi connectivity index (χ0) is 14.3. The number of hydrogen-bond donors (Lipinski definition) is 1. The Balaban J connectivity index is 2.42. The minimum Gasteiger partial charge on any atom is -0.489 e. The molecule has 0 amide bonds. The zero-order valence-corrected chi connectivity index (χ0v) is 10.6. The van der Waals surface area contributed by atoms with Gasteiger partial charge in [-0.05, 0) is 19.2 Å². The van der Waals surface area contributed by atoms with Gasteiger partial charge in [-0.3, -0.25) is 4.90 Å². The molecule has 0 bridgehead atoms. The molecule has 0 spiro atoms. The monoisotopic (exact) mass is 270 g/mol. The van der Waals surface area contributed by atoms with E-state index in [9.17, 15) is 13.9 Å². The lowest BCUT2D eigenvalue weighted by atomic mass is 10.2. The predicted molar refractivity (Wildman–Crippen MR) is 66.2 cm³/mol. The molecule has 1 rings (SSSR count). The van der Waals surface area contributed by atoms with Gasteiger partial charge in [0.05, 0.1) is 12.1 Å². The molecule has 6 heteroatoms. The summed E-state index contributed by atoms with van der Waals surface area (Å²) in [4.78, 5) is 1.33. The molecule has 1 aromatic rings. The summed E-state index contributed by atoms with van der Waals surface area (Å²) < 4.78 is 29.5. The summed E-state index contributed by atoms with van der Waals surface area (Å²) in [6, 6.07) is 8.61. The molecule has 1 atom stereocenters. The molecule has 1 unspecified atom stereocenters. The van der Waals surface area contributed by atoms with E-state index in [-0.39, 0.29) is 13.2 Å². The van der Waals surface area contributed by atoms with Crippen LogP contribution in [0, 0.1) is 11.3 Å². The number of hydrogen-bond acceptors (Lipinski definition) is 4. The van der Waals surface area contributed by atoms with Gasteiger partial charge in [-0.15, -0.1) is 0 Å². The molecule has 1 aromatic carbocycles. The number of para-hydroxylation sites is 1. The largest absolute Gasteiger partial charge is 0.489 e. The minimum absolute atomic E-state index is 0.0493. The molecule has 0 aliphatic rings. The van der Waals surface area contributed by atoms with Crippen molar-refractivity contribution in [3.63, 3.8) is 0 Å². The second-order valence-corrected chi connectivity index (χ2v) is 4.19. The Bertz CT molecular complexity index is 435. The lowest BCUT2D eigenvalue weighted by Gasteiger charge is -2.20. The molecule has 0 aromatic heterocycles. The van der Waals surface area contributed by atoms with Crippen molar-refractivity contribution in [2.24, 2.45) is 0 Å². The van der Waals surface area contributed by atoms with E-state index < -0.39 is 19.1 Å². The van der Waals surface area contributed by atoms with Crippen molar-refractivity contribution in [1.82, 2.24) is 4.90 Å². The standard InChI is InChI=1S/C13H16F2N2O2/c1-17(8-13(14)15)7-11(18)9-19-12-5-3-2-4-10(12)6-16/h2-5,11,13,18H,7-9H2,1H3. The Morgan fingerprint density at radius 3 is 2.68 bits per heavy atom. The van der Waals surface area contributed by atoms with Crippen LogP contribution < -0.4 is 4.74 Å². The fraction of sp³-hybridized carbons (Fsp3) is 0.462. The molecular formula is C13H16F2N2O2. The molecule has 19 heavy (non-hydrogen) atoms. The molecular weight excluding hydrogens is 254 g/mol. The van der Waals surface area contributed by atoms with Gasteiger partial charge in [-0.2, -0.15) is 5.26 Å². The van der Waals surface area contributed by atoms with Crippen LogP contribution >= 0.6 is 0 Å². The van der Waals surface area contributed by atoms with Crippen LogP contribution in [-0.2, 0) is 0 Å². The van der Waals surface area contributed by atoms with Crippen LogP contribution in [0.3, 0.4) is 0 Å². The highest BCUT2D eigenvalue weighted by molar-refractivity contribution is 5.42. The second kappa shape index (κ2) is 7.67. The number of rotatable bonds is 7. The van der Waals surface area contributed by atoms with Crippen molar-refractivity contribution >= 4 is 0 Å². The average molecular weight is 270 g/mol. The molecule has 0 saturated heterocycles. The van der Waals surface area contributed by atoms with E-state index in [2.05, 4.69) is 0 Å². The van der Waals surface area contributed by atoms with Crippen LogP contribution in [0.25, 0.3) is 0 Å². The van der Waals surface area contributed by atoms with Gasteiger partial charge in [0.25, 0.3) is 6.43 Å². The maximum Gasteiger partial charge on any atom is 0.251 e. The number of nitriles is 1. The first-order valence-electron chi connectivity index (χ1n) is 5.79. The number of nitrogens with zero attached hydrogens (tertiary/aromatic N) is 2. The highest BCUT2D eigenvalue weighted by Crippen LogP contribution is 2.16. The van der Waals surface area contributed by atoms with Crippen LogP contribution in [0.2, 0.25) is 0 Å². The third-order valence-electron chi connectivity index (χ3n) is 2.41. The maximum atomic E-state index is 12.1. The molecule has 0 radical (unpaired) electrons. The third kappa shape index (κ3) is 5.64. The van der Waals surface area contributed by atoms with Crippen molar-refractivity contribution < 1.29 is 18.6 Å². The van der Waals surface area contributed by atoms with Gasteiger partial charge in [-0.1, -0.05) is 12.1 Å². The number of ether oxygens (including phenoxy) is 1. The van der Waals surface area contributed by atoms with Gasteiger partial charge in [0.1, 0.15) is 24.5 Å². The summed E-state index contributed by atoms with van der Waals surface area (Å²) in [6.45, 7) is -0.364. The van der Waals surface area contributed by atoms with Crippen molar-refractivity contribution in [1.29, 1.82) is 5.26 Å². The molecule has 4 nitrogen and oxygen atoms in total. The third-order valence-corrected chi connectivity index (χ3v) is 2.41. The smallest absolute Gasteiger partial charge is 0.251 e. The average Bonchev–Trinajstić information content (AvgIpc) is 2.35. The lowest BCUT2D eigenvalue weighted by Crippen LogP contribution is -2.35. The van der Waals surface area contributed by atoms with Crippen LogP contribution in [0.1, 0.15) is 5.56 Å². The SMILES string of the molecule is CN(CC(F)F)CC(O)COc1ccccc1C#N. The molecule has 0 aliphatic heterocycles. The fourth-order valence-electron chi connectivity index (χ4n) is 1.59. The van der Waals surface area contributed by atoms with Crippen molar-refractivity contribution in [3.8, 4) is 11.8 Å². The highest BCUT2D eigenvalue weighted by Gasteiger charge is 2.13. The van der Waals surface area contributed by atoms with Crippen LogP contribution in [0.5, 0.6) is 5.75 Å². The number of aliphatic hydroxyl groups is 1. The topological polar surface area (TPSA) is 56.5 Å². The summed E-state index contributed by atoms with van der Waals surface area (Å²) >= 11 is 0. The summed E-state index contributed by atoms with van der Waals surface area (Å²) in [5, 5.41) is 18.5. The van der Waals surface area contributed by atoms with Gasteiger partial charge in [0.2, 0.25) is 0 Å². The Hall–Kier alpha value is -1.71. The van der Waals surface area contributed by atoms with Crippen molar-refractivity contribution in [2.45, 2.75) is 12.5 Å². The van der Waals surface area contributed by atoms with Crippen LogP contribution in [0.15, 0.2) is 24.3 Å². The molecule has 0 aliphatic carbocycles. The van der Waals surface area contributed by atoms with E-state index in [1.54, 1.807) is 24.3 Å².